The van der Waals surface area contributed by atoms with Gasteiger partial charge in [-0.15, -0.1) is 0 Å². The van der Waals surface area contributed by atoms with Crippen LogP contribution in [0.3, 0.4) is 0 Å². The molecule has 1 heterocycles. The highest BCUT2D eigenvalue weighted by Crippen LogP contribution is 2.15. The van der Waals surface area contributed by atoms with Crippen LogP contribution in [0.2, 0.25) is 0 Å². The maximum absolute atomic E-state index is 11.4. The van der Waals surface area contributed by atoms with Gasteiger partial charge in [-0.05, 0) is 24.1 Å². The molecule has 4 nitrogen and oxygen atoms in total. The summed E-state index contributed by atoms with van der Waals surface area (Å²) in [6.45, 7) is 8.10. The van der Waals surface area contributed by atoms with E-state index in [0.717, 1.165) is 31.8 Å². The fourth-order valence-electron chi connectivity index (χ4n) is 2.33. The third-order valence-corrected chi connectivity index (χ3v) is 3.32. The number of rotatable bonds is 3. The first kappa shape index (κ1) is 16.5. The van der Waals surface area contributed by atoms with Crippen molar-refractivity contribution in [2.45, 2.75) is 33.2 Å². The zero-order chi connectivity index (χ0) is 15.0. The molecule has 1 amide bonds. The van der Waals surface area contributed by atoms with Crippen LogP contribution >= 0.6 is 0 Å². The topological polar surface area (TPSA) is 41.6 Å². The number of hydrogen-bond acceptors (Lipinski definition) is 3. The number of methoxy groups -OCH3 is 1. The summed E-state index contributed by atoms with van der Waals surface area (Å²) in [7, 11) is 1.68. The number of ether oxygens (including phenoxy) is 1. The molecule has 1 atom stereocenters. The van der Waals surface area contributed by atoms with Crippen LogP contribution in [0.4, 0.5) is 0 Å². The van der Waals surface area contributed by atoms with Crippen molar-refractivity contribution in [2.75, 3.05) is 26.7 Å². The van der Waals surface area contributed by atoms with E-state index in [1.165, 1.54) is 5.56 Å². The molecule has 4 heteroatoms. The third-order valence-electron chi connectivity index (χ3n) is 3.32. The second-order valence-electron chi connectivity index (χ2n) is 4.67. The molecule has 1 unspecified atom stereocenters. The zero-order valence-electron chi connectivity index (χ0n) is 13.0. The number of hydrogen-bond donors (Lipinski definition) is 1. The molecular formula is C16H26N2O2. The molecule has 0 bridgehead atoms. The molecule has 0 spiro atoms. The van der Waals surface area contributed by atoms with Gasteiger partial charge in [-0.3, -0.25) is 4.79 Å². The predicted molar refractivity (Wildman–Crippen MR) is 82.1 cm³/mol. The van der Waals surface area contributed by atoms with Gasteiger partial charge < -0.3 is 15.0 Å². The van der Waals surface area contributed by atoms with Crippen molar-refractivity contribution >= 4 is 5.91 Å². The Morgan fingerprint density at radius 3 is 2.85 bits per heavy atom. The van der Waals surface area contributed by atoms with Crippen molar-refractivity contribution in [1.29, 1.82) is 0 Å². The molecule has 1 aliphatic rings. The summed E-state index contributed by atoms with van der Waals surface area (Å²) in [6, 6.07) is 8.42. The highest BCUT2D eigenvalue weighted by molar-refractivity contribution is 5.73. The Labute approximate surface area is 122 Å². The van der Waals surface area contributed by atoms with Crippen molar-refractivity contribution in [3.63, 3.8) is 0 Å². The van der Waals surface area contributed by atoms with E-state index < -0.39 is 0 Å². The summed E-state index contributed by atoms with van der Waals surface area (Å²) >= 11 is 0. The van der Waals surface area contributed by atoms with E-state index in [9.17, 15) is 4.79 Å². The molecule has 20 heavy (non-hydrogen) atoms. The standard InChI is InChI=1S/C14H20N2O2.C2H6/c1-11(17)16-7-6-15-13(10-16)8-12-4-3-5-14(9-12)18-2;1-2/h3-5,9,13,15H,6-8,10H2,1-2H3;1-2H3. The average molecular weight is 278 g/mol. The van der Waals surface area contributed by atoms with E-state index >= 15 is 0 Å². The molecule has 0 radical (unpaired) electrons. The Balaban J connectivity index is 0.000000956. The van der Waals surface area contributed by atoms with Crippen LogP contribution in [-0.2, 0) is 11.2 Å². The lowest BCUT2D eigenvalue weighted by atomic mass is 10.0. The van der Waals surface area contributed by atoms with Crippen molar-refractivity contribution in [2.24, 2.45) is 0 Å². The van der Waals surface area contributed by atoms with Crippen LogP contribution in [0.1, 0.15) is 26.3 Å². The largest absolute Gasteiger partial charge is 0.497 e. The molecule has 1 N–H and O–H groups in total. The molecule has 1 saturated heterocycles. The minimum absolute atomic E-state index is 0.159. The second-order valence-corrected chi connectivity index (χ2v) is 4.67. The Morgan fingerprint density at radius 1 is 1.45 bits per heavy atom. The second kappa shape index (κ2) is 8.59. The van der Waals surface area contributed by atoms with E-state index in [1.54, 1.807) is 14.0 Å². The zero-order valence-corrected chi connectivity index (χ0v) is 13.0. The minimum Gasteiger partial charge on any atom is -0.497 e. The monoisotopic (exact) mass is 278 g/mol. The van der Waals surface area contributed by atoms with Crippen molar-refractivity contribution in [1.82, 2.24) is 10.2 Å². The van der Waals surface area contributed by atoms with Gasteiger partial charge in [-0.1, -0.05) is 26.0 Å². The van der Waals surface area contributed by atoms with Gasteiger partial charge in [0.1, 0.15) is 5.75 Å². The summed E-state index contributed by atoms with van der Waals surface area (Å²) in [5.74, 6) is 1.04. The number of benzene rings is 1. The molecule has 1 aliphatic heterocycles. The molecule has 0 saturated carbocycles. The van der Waals surface area contributed by atoms with Gasteiger partial charge in [-0.2, -0.15) is 0 Å². The van der Waals surface area contributed by atoms with Crippen LogP contribution in [0.15, 0.2) is 24.3 Å². The molecule has 0 aromatic heterocycles. The van der Waals surface area contributed by atoms with Crippen LogP contribution < -0.4 is 10.1 Å². The first-order valence-corrected chi connectivity index (χ1v) is 7.31. The quantitative estimate of drug-likeness (QED) is 0.920. The van der Waals surface area contributed by atoms with Gasteiger partial charge >= 0.3 is 0 Å². The summed E-state index contributed by atoms with van der Waals surface area (Å²) in [4.78, 5) is 13.3. The molecule has 112 valence electrons. The number of nitrogens with one attached hydrogen (secondary N) is 1. The summed E-state index contributed by atoms with van der Waals surface area (Å²) in [5, 5.41) is 3.46. The van der Waals surface area contributed by atoms with Crippen molar-refractivity contribution < 1.29 is 9.53 Å². The first-order valence-electron chi connectivity index (χ1n) is 7.31. The highest BCUT2D eigenvalue weighted by Gasteiger charge is 2.20. The fourth-order valence-corrected chi connectivity index (χ4v) is 2.33. The van der Waals surface area contributed by atoms with Gasteiger partial charge in [0.05, 0.1) is 7.11 Å². The molecule has 0 aliphatic carbocycles. The van der Waals surface area contributed by atoms with Crippen LogP contribution in [0, 0.1) is 0 Å². The maximum Gasteiger partial charge on any atom is 0.219 e. The van der Waals surface area contributed by atoms with E-state index in [1.807, 2.05) is 36.9 Å². The average Bonchev–Trinajstić information content (AvgIpc) is 2.50. The first-order chi connectivity index (χ1) is 9.69. The SMILES string of the molecule is CC.COc1cccc(CC2CN(C(C)=O)CCN2)c1. The van der Waals surface area contributed by atoms with Gasteiger partial charge in [0.2, 0.25) is 5.91 Å². The molecule has 2 rings (SSSR count). The molecule has 1 fully saturated rings. The lowest BCUT2D eigenvalue weighted by Gasteiger charge is -2.33. The van der Waals surface area contributed by atoms with Gasteiger partial charge in [0.25, 0.3) is 0 Å². The summed E-state index contributed by atoms with van der Waals surface area (Å²) in [6.07, 6.45) is 0.918. The normalized spacial score (nSPS) is 18.0. The minimum atomic E-state index is 0.159. The van der Waals surface area contributed by atoms with Crippen molar-refractivity contribution in [3.8, 4) is 5.75 Å². The van der Waals surface area contributed by atoms with Gasteiger partial charge in [-0.25, -0.2) is 0 Å². The Bertz CT molecular complexity index is 421. The van der Waals surface area contributed by atoms with Crippen LogP contribution in [0.25, 0.3) is 0 Å². The predicted octanol–water partition coefficient (Wildman–Crippen LogP) is 2.08. The molecule has 1 aromatic carbocycles. The van der Waals surface area contributed by atoms with Gasteiger partial charge in [0, 0.05) is 32.6 Å². The number of carbonyl (C=O) groups is 1. The van der Waals surface area contributed by atoms with Gasteiger partial charge in [0.15, 0.2) is 0 Å². The summed E-state index contributed by atoms with van der Waals surface area (Å²) in [5.41, 5.74) is 1.23. The van der Waals surface area contributed by atoms with E-state index in [2.05, 4.69) is 11.4 Å². The number of amides is 1. The Kier molecular flexibility index (Phi) is 7.09. The van der Waals surface area contributed by atoms with Crippen LogP contribution in [0.5, 0.6) is 5.75 Å². The lowest BCUT2D eigenvalue weighted by Crippen LogP contribution is -2.52. The van der Waals surface area contributed by atoms with E-state index in [0.29, 0.717) is 6.04 Å². The number of carbonyl (C=O) groups excluding carboxylic acids is 1. The number of nitrogens with zero attached hydrogens (tertiary/aromatic N) is 1. The fraction of sp³-hybridized carbons (Fsp3) is 0.562. The highest BCUT2D eigenvalue weighted by atomic mass is 16.5. The van der Waals surface area contributed by atoms with Crippen LogP contribution in [-0.4, -0.2) is 43.6 Å². The number of piperazine rings is 1. The molecular weight excluding hydrogens is 252 g/mol. The maximum atomic E-state index is 11.4. The molecule has 1 aromatic rings. The third kappa shape index (κ3) is 4.85. The Morgan fingerprint density at radius 2 is 2.20 bits per heavy atom. The summed E-state index contributed by atoms with van der Waals surface area (Å²) < 4.78 is 5.22. The smallest absolute Gasteiger partial charge is 0.219 e. The Hall–Kier alpha value is -1.55. The van der Waals surface area contributed by atoms with Crippen molar-refractivity contribution in [3.05, 3.63) is 29.8 Å². The van der Waals surface area contributed by atoms with E-state index in [4.69, 9.17) is 4.74 Å². The van der Waals surface area contributed by atoms with E-state index in [-0.39, 0.29) is 5.91 Å². The lowest BCUT2D eigenvalue weighted by molar-refractivity contribution is -0.130.